The Morgan fingerprint density at radius 2 is 1.95 bits per heavy atom. The third kappa shape index (κ3) is 4.46. The lowest BCUT2D eigenvalue weighted by molar-refractivity contribution is -0.128. The molecule has 0 radical (unpaired) electrons. The smallest absolute Gasteiger partial charge is 0.239 e. The fourth-order valence-electron chi connectivity index (χ4n) is 2.70. The first-order valence-corrected chi connectivity index (χ1v) is 7.77. The topological polar surface area (TPSA) is 58.2 Å². The number of nitrogens with one attached hydrogen (secondary N) is 2. The normalized spacial score (nSPS) is 16.5. The first-order chi connectivity index (χ1) is 10.1. The van der Waals surface area contributed by atoms with Crippen molar-refractivity contribution >= 4 is 23.4 Å². The highest BCUT2D eigenvalue weighted by molar-refractivity contribution is 6.31. The van der Waals surface area contributed by atoms with E-state index in [4.69, 9.17) is 11.6 Å². The van der Waals surface area contributed by atoms with Gasteiger partial charge < -0.3 is 10.6 Å². The van der Waals surface area contributed by atoms with Crippen LogP contribution < -0.4 is 10.6 Å². The van der Waals surface area contributed by atoms with Crippen molar-refractivity contribution < 1.29 is 9.59 Å². The Hall–Kier alpha value is -1.55. The standard InChI is InChI=1S/C16H21ClN2O2/c1-11(13-8-4-5-9-14(13)17)19-15(20)10-18-16(21)12-6-2-3-7-12/h4-5,8-9,11-12H,2-3,6-7,10H2,1H3,(H,18,21)(H,19,20). The molecule has 21 heavy (non-hydrogen) atoms. The summed E-state index contributed by atoms with van der Waals surface area (Å²) in [7, 11) is 0. The quantitative estimate of drug-likeness (QED) is 0.879. The summed E-state index contributed by atoms with van der Waals surface area (Å²) in [6.07, 6.45) is 4.08. The molecule has 1 saturated carbocycles. The number of hydrogen-bond acceptors (Lipinski definition) is 2. The Balaban J connectivity index is 1.79. The molecule has 0 aromatic heterocycles. The molecule has 2 rings (SSSR count). The van der Waals surface area contributed by atoms with Gasteiger partial charge in [0.25, 0.3) is 0 Å². The van der Waals surface area contributed by atoms with Crippen molar-refractivity contribution in [2.75, 3.05) is 6.54 Å². The lowest BCUT2D eigenvalue weighted by atomic mass is 10.1. The second kappa shape index (κ2) is 7.46. The van der Waals surface area contributed by atoms with Crippen molar-refractivity contribution in [3.05, 3.63) is 34.9 Å². The van der Waals surface area contributed by atoms with Crippen molar-refractivity contribution in [1.82, 2.24) is 10.6 Å². The van der Waals surface area contributed by atoms with E-state index in [2.05, 4.69) is 10.6 Å². The van der Waals surface area contributed by atoms with Crippen LogP contribution in [0, 0.1) is 5.92 Å². The molecule has 1 aromatic carbocycles. The number of benzene rings is 1. The number of rotatable bonds is 5. The van der Waals surface area contributed by atoms with E-state index >= 15 is 0 Å². The van der Waals surface area contributed by atoms with Crippen LogP contribution in [-0.4, -0.2) is 18.4 Å². The van der Waals surface area contributed by atoms with Gasteiger partial charge in [0.05, 0.1) is 12.6 Å². The molecule has 1 aliphatic carbocycles. The summed E-state index contributed by atoms with van der Waals surface area (Å²) in [5.41, 5.74) is 0.870. The zero-order chi connectivity index (χ0) is 15.2. The first kappa shape index (κ1) is 15.8. The van der Waals surface area contributed by atoms with E-state index in [1.54, 1.807) is 6.07 Å². The third-order valence-corrected chi connectivity index (χ3v) is 4.24. The summed E-state index contributed by atoms with van der Waals surface area (Å²) >= 11 is 6.10. The molecule has 0 spiro atoms. The van der Waals surface area contributed by atoms with Gasteiger partial charge >= 0.3 is 0 Å². The van der Waals surface area contributed by atoms with Gasteiger partial charge in [0.1, 0.15) is 0 Å². The van der Waals surface area contributed by atoms with Crippen molar-refractivity contribution in [3.8, 4) is 0 Å². The summed E-state index contributed by atoms with van der Waals surface area (Å²) < 4.78 is 0. The highest BCUT2D eigenvalue weighted by Gasteiger charge is 2.23. The molecule has 1 unspecified atom stereocenters. The van der Waals surface area contributed by atoms with E-state index in [9.17, 15) is 9.59 Å². The van der Waals surface area contributed by atoms with Crippen LogP contribution in [0.4, 0.5) is 0 Å². The Kier molecular flexibility index (Phi) is 5.62. The minimum absolute atomic E-state index is 0.00644. The number of carbonyl (C=O) groups excluding carboxylic acids is 2. The average Bonchev–Trinajstić information content (AvgIpc) is 2.99. The van der Waals surface area contributed by atoms with E-state index < -0.39 is 0 Å². The molecule has 0 aliphatic heterocycles. The Labute approximate surface area is 130 Å². The summed E-state index contributed by atoms with van der Waals surface area (Å²) in [4.78, 5) is 23.7. The summed E-state index contributed by atoms with van der Waals surface area (Å²) in [5, 5.41) is 6.18. The molecule has 2 amide bonds. The SMILES string of the molecule is CC(NC(=O)CNC(=O)C1CCCC1)c1ccccc1Cl. The van der Waals surface area contributed by atoms with E-state index in [-0.39, 0.29) is 30.3 Å². The van der Waals surface area contributed by atoms with Crippen molar-refractivity contribution in [3.63, 3.8) is 0 Å². The third-order valence-electron chi connectivity index (χ3n) is 3.90. The van der Waals surface area contributed by atoms with Gasteiger partial charge in [-0.3, -0.25) is 9.59 Å². The maximum absolute atomic E-state index is 11.9. The molecule has 0 heterocycles. The van der Waals surface area contributed by atoms with Crippen molar-refractivity contribution in [1.29, 1.82) is 0 Å². The molecule has 5 heteroatoms. The molecule has 114 valence electrons. The van der Waals surface area contributed by atoms with Gasteiger partial charge in [0, 0.05) is 10.9 Å². The van der Waals surface area contributed by atoms with Gasteiger partial charge in [0.2, 0.25) is 11.8 Å². The number of halogens is 1. The second-order valence-electron chi connectivity index (χ2n) is 5.51. The Morgan fingerprint density at radius 1 is 1.29 bits per heavy atom. The molecule has 0 saturated heterocycles. The summed E-state index contributed by atoms with van der Waals surface area (Å²) in [6.45, 7) is 1.89. The van der Waals surface area contributed by atoms with Crippen LogP contribution in [0.3, 0.4) is 0 Å². The maximum atomic E-state index is 11.9. The van der Waals surface area contributed by atoms with Crippen LogP contribution in [0.5, 0.6) is 0 Å². The van der Waals surface area contributed by atoms with Gasteiger partial charge in [-0.2, -0.15) is 0 Å². The summed E-state index contributed by atoms with van der Waals surface area (Å²) in [6, 6.07) is 7.22. The molecule has 2 N–H and O–H groups in total. The molecule has 0 bridgehead atoms. The first-order valence-electron chi connectivity index (χ1n) is 7.39. The van der Waals surface area contributed by atoms with Crippen LogP contribution >= 0.6 is 11.6 Å². The van der Waals surface area contributed by atoms with Crippen molar-refractivity contribution in [2.24, 2.45) is 5.92 Å². The predicted octanol–water partition coefficient (Wildman–Crippen LogP) is 2.82. The van der Waals surface area contributed by atoms with Crippen LogP contribution in [0.2, 0.25) is 5.02 Å². The maximum Gasteiger partial charge on any atom is 0.239 e. The predicted molar refractivity (Wildman–Crippen MR) is 83.0 cm³/mol. The zero-order valence-corrected chi connectivity index (χ0v) is 13.0. The lowest BCUT2D eigenvalue weighted by Crippen LogP contribution is -2.40. The fourth-order valence-corrected chi connectivity index (χ4v) is 3.00. The highest BCUT2D eigenvalue weighted by atomic mass is 35.5. The second-order valence-corrected chi connectivity index (χ2v) is 5.92. The lowest BCUT2D eigenvalue weighted by Gasteiger charge is -2.16. The van der Waals surface area contributed by atoms with E-state index in [1.807, 2.05) is 25.1 Å². The largest absolute Gasteiger partial charge is 0.348 e. The van der Waals surface area contributed by atoms with Gasteiger partial charge in [-0.25, -0.2) is 0 Å². The molecule has 1 atom stereocenters. The molecule has 1 fully saturated rings. The fraction of sp³-hybridized carbons (Fsp3) is 0.500. The highest BCUT2D eigenvalue weighted by Crippen LogP contribution is 2.24. The minimum Gasteiger partial charge on any atom is -0.348 e. The molecular formula is C16H21ClN2O2. The molecule has 4 nitrogen and oxygen atoms in total. The van der Waals surface area contributed by atoms with Crippen molar-refractivity contribution in [2.45, 2.75) is 38.6 Å². The number of amides is 2. The Morgan fingerprint density at radius 3 is 2.62 bits per heavy atom. The number of hydrogen-bond donors (Lipinski definition) is 2. The van der Waals surface area contributed by atoms with Crippen LogP contribution in [0.25, 0.3) is 0 Å². The van der Waals surface area contributed by atoms with Gasteiger partial charge in [-0.15, -0.1) is 0 Å². The summed E-state index contributed by atoms with van der Waals surface area (Å²) in [5.74, 6) is -0.124. The van der Waals surface area contributed by atoms with Gasteiger partial charge in [0.15, 0.2) is 0 Å². The van der Waals surface area contributed by atoms with Crippen LogP contribution in [0.15, 0.2) is 24.3 Å². The van der Waals surface area contributed by atoms with Gasteiger partial charge in [-0.05, 0) is 31.4 Å². The zero-order valence-electron chi connectivity index (χ0n) is 12.2. The minimum atomic E-state index is -0.200. The molecular weight excluding hydrogens is 288 g/mol. The Bertz CT molecular complexity index is 513. The van der Waals surface area contributed by atoms with Crippen LogP contribution in [0.1, 0.15) is 44.2 Å². The van der Waals surface area contributed by atoms with E-state index in [0.717, 1.165) is 31.2 Å². The van der Waals surface area contributed by atoms with E-state index in [1.165, 1.54) is 0 Å². The monoisotopic (exact) mass is 308 g/mol. The molecule has 1 aromatic rings. The van der Waals surface area contributed by atoms with E-state index in [0.29, 0.717) is 5.02 Å². The average molecular weight is 309 g/mol. The van der Waals surface area contributed by atoms with Gasteiger partial charge in [-0.1, -0.05) is 42.6 Å². The number of carbonyl (C=O) groups is 2. The molecule has 1 aliphatic rings. The van der Waals surface area contributed by atoms with Crippen LogP contribution in [-0.2, 0) is 9.59 Å².